The van der Waals surface area contributed by atoms with Gasteiger partial charge in [-0.1, -0.05) is 26.8 Å². The van der Waals surface area contributed by atoms with E-state index in [0.29, 0.717) is 30.5 Å². The molecule has 0 aromatic heterocycles. The van der Waals surface area contributed by atoms with Gasteiger partial charge in [-0.15, -0.1) is 0 Å². The molecule has 1 atom stereocenters. The molecule has 0 aliphatic rings. The Bertz CT molecular complexity index is 418. The van der Waals surface area contributed by atoms with Crippen molar-refractivity contribution in [3.63, 3.8) is 0 Å². The van der Waals surface area contributed by atoms with Crippen LogP contribution >= 0.6 is 0 Å². The third-order valence-corrected chi connectivity index (χ3v) is 3.47. The minimum atomic E-state index is -0.0188. The van der Waals surface area contributed by atoms with Gasteiger partial charge in [0.15, 0.2) is 0 Å². The first-order chi connectivity index (χ1) is 9.58. The Morgan fingerprint density at radius 1 is 1.35 bits per heavy atom. The van der Waals surface area contributed by atoms with Crippen molar-refractivity contribution in [3.8, 4) is 0 Å². The monoisotopic (exact) mass is 277 g/mol. The SMILES string of the molecule is CCCNC(=O)c1cccc(NCC(CN)C(C)C)c1. The maximum Gasteiger partial charge on any atom is 0.251 e. The Hall–Kier alpha value is -1.55. The van der Waals surface area contributed by atoms with Gasteiger partial charge in [0.2, 0.25) is 0 Å². The fourth-order valence-corrected chi connectivity index (χ4v) is 1.95. The van der Waals surface area contributed by atoms with E-state index >= 15 is 0 Å². The Labute approximate surface area is 122 Å². The van der Waals surface area contributed by atoms with Crippen LogP contribution in [0.5, 0.6) is 0 Å². The lowest BCUT2D eigenvalue weighted by Crippen LogP contribution is -2.27. The number of hydrogen-bond donors (Lipinski definition) is 3. The lowest BCUT2D eigenvalue weighted by atomic mass is 9.96. The van der Waals surface area contributed by atoms with Crippen LogP contribution in [0.25, 0.3) is 0 Å². The molecule has 20 heavy (non-hydrogen) atoms. The molecule has 4 nitrogen and oxygen atoms in total. The molecule has 0 saturated heterocycles. The first-order valence-corrected chi connectivity index (χ1v) is 7.40. The van der Waals surface area contributed by atoms with Crippen LogP contribution in [0.3, 0.4) is 0 Å². The van der Waals surface area contributed by atoms with Crippen molar-refractivity contribution in [2.45, 2.75) is 27.2 Å². The summed E-state index contributed by atoms with van der Waals surface area (Å²) in [5, 5.41) is 6.25. The van der Waals surface area contributed by atoms with E-state index in [-0.39, 0.29) is 5.91 Å². The third-order valence-electron chi connectivity index (χ3n) is 3.47. The van der Waals surface area contributed by atoms with Crippen LogP contribution < -0.4 is 16.4 Å². The number of nitrogens with two attached hydrogens (primary N) is 1. The maximum atomic E-state index is 11.9. The standard InChI is InChI=1S/C16H27N3O/c1-4-8-18-16(20)13-6-5-7-15(9-13)19-11-14(10-17)12(2)3/h5-7,9,12,14,19H,4,8,10-11,17H2,1-3H3,(H,18,20). The van der Waals surface area contributed by atoms with Gasteiger partial charge < -0.3 is 16.4 Å². The minimum Gasteiger partial charge on any atom is -0.385 e. The fourth-order valence-electron chi connectivity index (χ4n) is 1.95. The van der Waals surface area contributed by atoms with Crippen LogP contribution in [0.2, 0.25) is 0 Å². The van der Waals surface area contributed by atoms with Gasteiger partial charge in [0.1, 0.15) is 0 Å². The predicted molar refractivity (Wildman–Crippen MR) is 84.9 cm³/mol. The highest BCUT2D eigenvalue weighted by molar-refractivity contribution is 5.95. The van der Waals surface area contributed by atoms with Gasteiger partial charge in [-0.2, -0.15) is 0 Å². The summed E-state index contributed by atoms with van der Waals surface area (Å²) in [6.45, 7) is 8.59. The van der Waals surface area contributed by atoms with Gasteiger partial charge in [0, 0.05) is 24.3 Å². The third kappa shape index (κ3) is 5.21. The van der Waals surface area contributed by atoms with Crippen molar-refractivity contribution < 1.29 is 4.79 Å². The topological polar surface area (TPSA) is 67.2 Å². The highest BCUT2D eigenvalue weighted by Crippen LogP contribution is 2.14. The molecule has 0 heterocycles. The van der Waals surface area contributed by atoms with Gasteiger partial charge in [-0.3, -0.25) is 4.79 Å². The molecule has 0 aliphatic carbocycles. The van der Waals surface area contributed by atoms with Crippen molar-refractivity contribution >= 4 is 11.6 Å². The van der Waals surface area contributed by atoms with E-state index in [1.807, 2.05) is 31.2 Å². The molecule has 0 spiro atoms. The number of nitrogens with one attached hydrogen (secondary N) is 2. The van der Waals surface area contributed by atoms with E-state index in [0.717, 1.165) is 18.7 Å². The molecular formula is C16H27N3O. The van der Waals surface area contributed by atoms with Crippen LogP contribution in [0.15, 0.2) is 24.3 Å². The molecule has 112 valence electrons. The number of benzene rings is 1. The smallest absolute Gasteiger partial charge is 0.251 e. The zero-order chi connectivity index (χ0) is 15.0. The quantitative estimate of drug-likeness (QED) is 0.684. The predicted octanol–water partition coefficient (Wildman–Crippen LogP) is 2.47. The Morgan fingerprint density at radius 2 is 2.10 bits per heavy atom. The molecule has 1 amide bonds. The summed E-state index contributed by atoms with van der Waals surface area (Å²) in [5.74, 6) is 0.964. The molecule has 1 aromatic rings. The molecule has 0 radical (unpaired) electrons. The number of anilines is 1. The van der Waals surface area contributed by atoms with Crippen LogP contribution in [-0.2, 0) is 0 Å². The molecule has 0 aliphatic heterocycles. The van der Waals surface area contributed by atoms with Gasteiger partial charge in [0.05, 0.1) is 0 Å². The molecule has 4 heteroatoms. The number of rotatable bonds is 8. The van der Waals surface area contributed by atoms with Crippen LogP contribution in [0.4, 0.5) is 5.69 Å². The van der Waals surface area contributed by atoms with Crippen molar-refractivity contribution in [3.05, 3.63) is 29.8 Å². The Balaban J connectivity index is 2.61. The van der Waals surface area contributed by atoms with Crippen molar-refractivity contribution in [2.75, 3.05) is 25.0 Å². The number of carbonyl (C=O) groups is 1. The summed E-state index contributed by atoms with van der Waals surface area (Å²) < 4.78 is 0. The molecule has 0 saturated carbocycles. The Morgan fingerprint density at radius 3 is 2.70 bits per heavy atom. The first-order valence-electron chi connectivity index (χ1n) is 7.40. The molecule has 1 unspecified atom stereocenters. The number of amides is 1. The highest BCUT2D eigenvalue weighted by atomic mass is 16.1. The summed E-state index contributed by atoms with van der Waals surface area (Å²) in [6.07, 6.45) is 0.941. The average molecular weight is 277 g/mol. The molecule has 0 fully saturated rings. The zero-order valence-corrected chi connectivity index (χ0v) is 12.8. The van der Waals surface area contributed by atoms with Gasteiger partial charge in [0.25, 0.3) is 5.91 Å². The van der Waals surface area contributed by atoms with Crippen LogP contribution in [0, 0.1) is 11.8 Å². The average Bonchev–Trinajstić information content (AvgIpc) is 2.45. The van der Waals surface area contributed by atoms with Crippen molar-refractivity contribution in [1.82, 2.24) is 5.32 Å². The summed E-state index contributed by atoms with van der Waals surface area (Å²) in [6, 6.07) is 7.60. The highest BCUT2D eigenvalue weighted by Gasteiger charge is 2.11. The molecular weight excluding hydrogens is 250 g/mol. The summed E-state index contributed by atoms with van der Waals surface area (Å²) >= 11 is 0. The lowest BCUT2D eigenvalue weighted by molar-refractivity contribution is 0.0953. The number of hydrogen-bond acceptors (Lipinski definition) is 3. The van der Waals surface area contributed by atoms with E-state index in [1.165, 1.54) is 0 Å². The normalized spacial score (nSPS) is 12.2. The summed E-state index contributed by atoms with van der Waals surface area (Å²) in [7, 11) is 0. The van der Waals surface area contributed by atoms with Crippen molar-refractivity contribution in [2.24, 2.45) is 17.6 Å². The summed E-state index contributed by atoms with van der Waals surface area (Å²) in [5.41, 5.74) is 7.42. The molecule has 1 aromatic carbocycles. The van der Waals surface area contributed by atoms with E-state index in [2.05, 4.69) is 24.5 Å². The largest absolute Gasteiger partial charge is 0.385 e. The lowest BCUT2D eigenvalue weighted by Gasteiger charge is -2.20. The second-order valence-corrected chi connectivity index (χ2v) is 5.46. The van der Waals surface area contributed by atoms with Crippen molar-refractivity contribution in [1.29, 1.82) is 0 Å². The van der Waals surface area contributed by atoms with Gasteiger partial charge >= 0.3 is 0 Å². The Kier molecular flexibility index (Phi) is 7.09. The molecule has 1 rings (SSSR count). The summed E-state index contributed by atoms with van der Waals surface area (Å²) in [4.78, 5) is 11.9. The number of carbonyl (C=O) groups excluding carboxylic acids is 1. The molecule has 0 bridgehead atoms. The second-order valence-electron chi connectivity index (χ2n) is 5.46. The fraction of sp³-hybridized carbons (Fsp3) is 0.562. The van der Waals surface area contributed by atoms with E-state index in [1.54, 1.807) is 0 Å². The first kappa shape index (κ1) is 16.5. The van der Waals surface area contributed by atoms with E-state index in [9.17, 15) is 4.79 Å². The maximum absolute atomic E-state index is 11.9. The second kappa shape index (κ2) is 8.59. The van der Waals surface area contributed by atoms with Gasteiger partial charge in [-0.05, 0) is 43.0 Å². The minimum absolute atomic E-state index is 0.0188. The zero-order valence-electron chi connectivity index (χ0n) is 12.8. The van der Waals surface area contributed by atoms with E-state index in [4.69, 9.17) is 5.73 Å². The van der Waals surface area contributed by atoms with Crippen LogP contribution in [0.1, 0.15) is 37.6 Å². The van der Waals surface area contributed by atoms with E-state index < -0.39 is 0 Å². The van der Waals surface area contributed by atoms with Gasteiger partial charge in [-0.25, -0.2) is 0 Å². The molecule has 4 N–H and O–H groups in total. The van der Waals surface area contributed by atoms with Crippen LogP contribution in [-0.4, -0.2) is 25.5 Å².